The van der Waals surface area contributed by atoms with Crippen LogP contribution < -0.4 is 0 Å². The molecule has 0 aliphatic carbocycles. The number of halogens is 4. The fraction of sp³-hybridized carbons (Fsp3) is 0.0667. The van der Waals surface area contributed by atoms with Crippen molar-refractivity contribution in [2.24, 2.45) is 0 Å². The van der Waals surface area contributed by atoms with E-state index < -0.39 is 17.7 Å². The summed E-state index contributed by atoms with van der Waals surface area (Å²) < 4.78 is 52.5. The van der Waals surface area contributed by atoms with Crippen LogP contribution in [0.5, 0.6) is 0 Å². The Balaban J connectivity index is 2.30. The van der Waals surface area contributed by atoms with E-state index in [0.29, 0.717) is 5.39 Å². The Kier molecular flexibility index (Phi) is 3.08. The summed E-state index contributed by atoms with van der Waals surface area (Å²) in [6, 6.07) is 9.43. The van der Waals surface area contributed by atoms with Crippen molar-refractivity contribution < 1.29 is 17.6 Å². The van der Waals surface area contributed by atoms with Crippen molar-refractivity contribution in [1.82, 2.24) is 9.97 Å². The molecular weight excluding hydrogens is 284 g/mol. The van der Waals surface area contributed by atoms with Gasteiger partial charge in [0.15, 0.2) is 11.3 Å². The van der Waals surface area contributed by atoms with Gasteiger partial charge in [-0.25, -0.2) is 14.4 Å². The molecule has 2 nitrogen and oxygen atoms in total. The van der Waals surface area contributed by atoms with Gasteiger partial charge in [0.2, 0.25) is 0 Å². The molecule has 6 heteroatoms. The van der Waals surface area contributed by atoms with Crippen LogP contribution in [0.3, 0.4) is 0 Å². The summed E-state index contributed by atoms with van der Waals surface area (Å²) in [6.45, 7) is 0. The minimum Gasteiger partial charge on any atom is -0.237 e. The van der Waals surface area contributed by atoms with Gasteiger partial charge in [-0.15, -0.1) is 0 Å². The lowest BCUT2D eigenvalue weighted by molar-refractivity contribution is -0.140. The second kappa shape index (κ2) is 4.80. The number of rotatable bonds is 1. The molecule has 0 aliphatic heterocycles. The average Bonchev–Trinajstić information content (AvgIpc) is 2.46. The number of fused-ring (bicyclic) bond motifs is 1. The fourth-order valence-corrected chi connectivity index (χ4v) is 2.07. The molecule has 0 amide bonds. The van der Waals surface area contributed by atoms with E-state index in [0.717, 1.165) is 12.1 Å². The van der Waals surface area contributed by atoms with E-state index in [1.807, 2.05) is 0 Å². The van der Waals surface area contributed by atoms with E-state index in [4.69, 9.17) is 0 Å². The molecule has 0 saturated carbocycles. The predicted molar refractivity (Wildman–Crippen MR) is 69.9 cm³/mol. The highest BCUT2D eigenvalue weighted by Crippen LogP contribution is 2.37. The van der Waals surface area contributed by atoms with E-state index in [1.54, 1.807) is 12.1 Å². The van der Waals surface area contributed by atoms with Crippen molar-refractivity contribution in [3.05, 3.63) is 60.2 Å². The molecule has 2 aromatic heterocycles. The molecule has 0 fully saturated rings. The summed E-state index contributed by atoms with van der Waals surface area (Å²) in [7, 11) is 0. The van der Waals surface area contributed by atoms with Crippen molar-refractivity contribution in [2.75, 3.05) is 0 Å². The Morgan fingerprint density at radius 2 is 1.67 bits per heavy atom. The van der Waals surface area contributed by atoms with Crippen molar-refractivity contribution in [3.8, 4) is 11.1 Å². The number of aromatic nitrogens is 2. The monoisotopic (exact) mass is 292 g/mol. The summed E-state index contributed by atoms with van der Waals surface area (Å²) in [4.78, 5) is 7.45. The summed E-state index contributed by atoms with van der Waals surface area (Å²) in [5.41, 5.74) is -0.846. The topological polar surface area (TPSA) is 25.8 Å². The second-order valence-electron chi connectivity index (χ2n) is 4.44. The van der Waals surface area contributed by atoms with Gasteiger partial charge in [-0.1, -0.05) is 12.1 Å². The van der Waals surface area contributed by atoms with Gasteiger partial charge in [0.05, 0.1) is 0 Å². The second-order valence-corrected chi connectivity index (χ2v) is 4.44. The normalized spacial score (nSPS) is 11.8. The molecule has 2 heterocycles. The molecule has 0 saturated heterocycles. The third kappa shape index (κ3) is 2.56. The zero-order valence-corrected chi connectivity index (χ0v) is 10.5. The Morgan fingerprint density at radius 3 is 2.33 bits per heavy atom. The van der Waals surface area contributed by atoms with E-state index >= 15 is 0 Å². The number of nitrogens with zero attached hydrogens (tertiary/aromatic N) is 2. The maximum atomic E-state index is 13.2. The van der Waals surface area contributed by atoms with Gasteiger partial charge in [0, 0.05) is 17.1 Å². The zero-order valence-electron chi connectivity index (χ0n) is 10.5. The van der Waals surface area contributed by atoms with Crippen LogP contribution in [0.25, 0.3) is 22.2 Å². The zero-order chi connectivity index (χ0) is 15.0. The van der Waals surface area contributed by atoms with Crippen LogP contribution in [0.1, 0.15) is 5.69 Å². The highest BCUT2D eigenvalue weighted by atomic mass is 19.4. The molecule has 0 bridgehead atoms. The van der Waals surface area contributed by atoms with Crippen LogP contribution in [-0.2, 0) is 6.18 Å². The Labute approximate surface area is 117 Å². The molecule has 1 aromatic carbocycles. The molecule has 0 N–H and O–H groups in total. The molecular formula is C15H8F4N2. The third-order valence-corrected chi connectivity index (χ3v) is 3.01. The van der Waals surface area contributed by atoms with Gasteiger partial charge in [-0.3, -0.25) is 0 Å². The molecule has 0 aliphatic rings. The number of benzene rings is 1. The lowest BCUT2D eigenvalue weighted by atomic mass is 10.0. The molecule has 0 unspecified atom stereocenters. The smallest absolute Gasteiger partial charge is 0.237 e. The molecule has 3 aromatic rings. The van der Waals surface area contributed by atoms with Gasteiger partial charge < -0.3 is 0 Å². The summed E-state index contributed by atoms with van der Waals surface area (Å²) in [5.74, 6) is -0.511. The average molecular weight is 292 g/mol. The van der Waals surface area contributed by atoms with Crippen LogP contribution in [0.2, 0.25) is 0 Å². The highest BCUT2D eigenvalue weighted by molar-refractivity contribution is 5.82. The maximum absolute atomic E-state index is 13.2. The van der Waals surface area contributed by atoms with Gasteiger partial charge >= 0.3 is 6.18 Å². The highest BCUT2D eigenvalue weighted by Gasteiger charge is 2.36. The van der Waals surface area contributed by atoms with Crippen LogP contribution >= 0.6 is 0 Å². The first-order valence-electron chi connectivity index (χ1n) is 6.04. The molecule has 0 spiro atoms. The lowest BCUT2D eigenvalue weighted by Crippen LogP contribution is -2.10. The first-order chi connectivity index (χ1) is 9.95. The van der Waals surface area contributed by atoms with Crippen molar-refractivity contribution >= 4 is 11.0 Å². The quantitative estimate of drug-likeness (QED) is 0.619. The first kappa shape index (κ1) is 13.5. The summed E-state index contributed by atoms with van der Waals surface area (Å²) in [6.07, 6.45) is -3.23. The number of hydrogen-bond donors (Lipinski definition) is 0. The molecule has 0 atom stereocenters. The van der Waals surface area contributed by atoms with Crippen molar-refractivity contribution in [1.29, 1.82) is 0 Å². The van der Waals surface area contributed by atoms with Crippen molar-refractivity contribution in [2.45, 2.75) is 6.18 Å². The van der Waals surface area contributed by atoms with Crippen LogP contribution in [-0.4, -0.2) is 9.97 Å². The van der Waals surface area contributed by atoms with E-state index in [1.165, 1.54) is 24.4 Å². The van der Waals surface area contributed by atoms with E-state index in [-0.39, 0.29) is 16.8 Å². The van der Waals surface area contributed by atoms with Gasteiger partial charge in [-0.2, -0.15) is 13.2 Å². The summed E-state index contributed by atoms with van der Waals surface area (Å²) in [5, 5.41) is 0.491. The van der Waals surface area contributed by atoms with Crippen LogP contribution in [0.15, 0.2) is 48.7 Å². The number of alkyl halides is 3. The molecule has 0 radical (unpaired) electrons. The van der Waals surface area contributed by atoms with Gasteiger partial charge in [-0.05, 0) is 35.9 Å². The minimum absolute atomic E-state index is 0.0238. The molecule has 21 heavy (non-hydrogen) atoms. The lowest BCUT2D eigenvalue weighted by Gasteiger charge is -2.13. The van der Waals surface area contributed by atoms with Crippen LogP contribution in [0, 0.1) is 5.82 Å². The van der Waals surface area contributed by atoms with Crippen molar-refractivity contribution in [3.63, 3.8) is 0 Å². The van der Waals surface area contributed by atoms with Gasteiger partial charge in [0.1, 0.15) is 5.82 Å². The number of hydrogen-bond acceptors (Lipinski definition) is 2. The van der Waals surface area contributed by atoms with Crippen LogP contribution in [0.4, 0.5) is 17.6 Å². The van der Waals surface area contributed by atoms with Gasteiger partial charge in [0.25, 0.3) is 0 Å². The number of pyridine rings is 2. The molecule has 3 rings (SSSR count). The minimum atomic E-state index is -4.62. The molecule has 106 valence electrons. The van der Waals surface area contributed by atoms with E-state index in [2.05, 4.69) is 9.97 Å². The fourth-order valence-electron chi connectivity index (χ4n) is 2.07. The Bertz CT molecular complexity index is 795. The summed E-state index contributed by atoms with van der Waals surface area (Å²) >= 11 is 0. The Hall–Kier alpha value is -2.50. The third-order valence-electron chi connectivity index (χ3n) is 3.01. The maximum Gasteiger partial charge on any atom is 0.434 e. The SMILES string of the molecule is Fc1ccc(-c2cc3cccnc3nc2C(F)(F)F)cc1. The largest absolute Gasteiger partial charge is 0.434 e. The predicted octanol–water partition coefficient (Wildman–Crippen LogP) is 4.45. The first-order valence-corrected chi connectivity index (χ1v) is 6.04. The standard InChI is InChI=1S/C15H8F4N2/c16-11-5-3-9(4-6-11)12-8-10-2-1-7-20-14(10)21-13(12)15(17,18)19/h1-8H. The Morgan fingerprint density at radius 1 is 0.952 bits per heavy atom. The van der Waals surface area contributed by atoms with E-state index in [9.17, 15) is 17.6 Å².